The topological polar surface area (TPSA) is 149 Å². The summed E-state index contributed by atoms with van der Waals surface area (Å²) >= 11 is 0. The van der Waals surface area contributed by atoms with Gasteiger partial charge in [0.25, 0.3) is 0 Å². The minimum absolute atomic E-state index is 0.222. The molecule has 1 aliphatic carbocycles. The molecule has 1 saturated carbocycles. The molecule has 32 heavy (non-hydrogen) atoms. The Bertz CT molecular complexity index is 843. The van der Waals surface area contributed by atoms with Crippen LogP contribution in [0.3, 0.4) is 0 Å². The lowest BCUT2D eigenvalue weighted by Gasteiger charge is -2.46. The Balaban J connectivity index is 1.61. The van der Waals surface area contributed by atoms with E-state index in [1.54, 1.807) is 0 Å². The Morgan fingerprint density at radius 1 is 1.06 bits per heavy atom. The first kappa shape index (κ1) is 23.3. The van der Waals surface area contributed by atoms with E-state index in [4.69, 9.17) is 14.2 Å². The number of ether oxygens (including phenoxy) is 3. The quantitative estimate of drug-likeness (QED) is 0.349. The lowest BCUT2D eigenvalue weighted by molar-refractivity contribution is -0.348. The maximum Gasteiger partial charge on any atom is 0.208 e. The molecular formula is C23H30O9. The first-order chi connectivity index (χ1) is 15.2. The molecule has 0 radical (unpaired) electrons. The van der Waals surface area contributed by atoms with Crippen molar-refractivity contribution in [2.24, 2.45) is 11.3 Å². The predicted molar refractivity (Wildman–Crippen MR) is 112 cm³/mol. The van der Waals surface area contributed by atoms with Gasteiger partial charge < -0.3 is 44.8 Å². The van der Waals surface area contributed by atoms with Crippen LogP contribution in [0.4, 0.5) is 0 Å². The SMILES string of the molecule is C[C@]1(/C=C/c2ccccc2)C[C@@H](O)[C@]2(O)C=CO[C@@H](OC3O[C@H](CO)[C@@H](O)[C@H](O)[C@H]3O)C12. The first-order valence-corrected chi connectivity index (χ1v) is 10.6. The third kappa shape index (κ3) is 4.00. The van der Waals surface area contributed by atoms with Gasteiger partial charge in [-0.1, -0.05) is 49.4 Å². The van der Waals surface area contributed by atoms with Crippen molar-refractivity contribution in [2.75, 3.05) is 6.61 Å². The van der Waals surface area contributed by atoms with E-state index in [0.717, 1.165) is 5.56 Å². The smallest absolute Gasteiger partial charge is 0.208 e. The van der Waals surface area contributed by atoms with Gasteiger partial charge in [-0.3, -0.25) is 0 Å². The van der Waals surface area contributed by atoms with Crippen LogP contribution in [0.2, 0.25) is 0 Å². The second-order valence-corrected chi connectivity index (χ2v) is 8.98. The highest BCUT2D eigenvalue weighted by Gasteiger charge is 2.63. The second kappa shape index (κ2) is 8.85. The van der Waals surface area contributed by atoms with Gasteiger partial charge in [-0.2, -0.15) is 0 Å². The van der Waals surface area contributed by atoms with Crippen molar-refractivity contribution in [1.82, 2.24) is 0 Å². The summed E-state index contributed by atoms with van der Waals surface area (Å²) < 4.78 is 16.9. The van der Waals surface area contributed by atoms with Crippen LogP contribution < -0.4 is 0 Å². The summed E-state index contributed by atoms with van der Waals surface area (Å²) in [7, 11) is 0. The average Bonchev–Trinajstić information content (AvgIpc) is 2.99. The third-order valence-corrected chi connectivity index (χ3v) is 6.77. The number of rotatable bonds is 5. The Labute approximate surface area is 185 Å². The van der Waals surface area contributed by atoms with E-state index in [9.17, 15) is 30.6 Å². The van der Waals surface area contributed by atoms with Gasteiger partial charge in [0.1, 0.15) is 30.0 Å². The molecule has 1 saturated heterocycles. The predicted octanol–water partition coefficient (Wildman–Crippen LogP) is -0.496. The van der Waals surface area contributed by atoms with Crippen molar-refractivity contribution < 1.29 is 44.8 Å². The molecule has 1 aromatic rings. The number of hydrogen-bond acceptors (Lipinski definition) is 9. The van der Waals surface area contributed by atoms with Crippen LogP contribution in [0.15, 0.2) is 48.7 Å². The van der Waals surface area contributed by atoms with Gasteiger partial charge in [0, 0.05) is 5.41 Å². The van der Waals surface area contributed by atoms with Crippen LogP contribution in [0.5, 0.6) is 0 Å². The molecule has 9 nitrogen and oxygen atoms in total. The van der Waals surface area contributed by atoms with Gasteiger partial charge in [-0.15, -0.1) is 0 Å². The minimum Gasteiger partial charge on any atom is -0.472 e. The standard InChI is InChI=1S/C23H30O9/c1-22(8-7-13-5-3-2-4-6-13)11-15(25)23(29)9-10-30-21(19(22)23)32-20-18(28)17(27)16(26)14(12-24)31-20/h2-10,14-21,24-29H,11-12H2,1H3/b8-7+/t14-,15-,16-,17+,18-,19?,20?,21+,22+,23-/m1/s1. The number of fused-ring (bicyclic) bond motifs is 1. The van der Waals surface area contributed by atoms with Crippen molar-refractivity contribution in [2.45, 2.75) is 62.0 Å². The summed E-state index contributed by atoms with van der Waals surface area (Å²) in [4.78, 5) is 0. The molecule has 0 amide bonds. The van der Waals surface area contributed by atoms with Gasteiger partial charge in [0.15, 0.2) is 6.29 Å². The molecule has 1 aromatic carbocycles. The Kier molecular flexibility index (Phi) is 6.45. The summed E-state index contributed by atoms with van der Waals surface area (Å²) in [6, 6.07) is 9.56. The van der Waals surface area contributed by atoms with Crippen molar-refractivity contribution >= 4 is 6.08 Å². The van der Waals surface area contributed by atoms with Crippen LogP contribution in [0, 0.1) is 11.3 Å². The van der Waals surface area contributed by atoms with Gasteiger partial charge in [-0.05, 0) is 18.1 Å². The van der Waals surface area contributed by atoms with Gasteiger partial charge in [-0.25, -0.2) is 0 Å². The number of hydrogen-bond donors (Lipinski definition) is 6. The molecule has 2 aliphatic heterocycles. The number of aliphatic hydroxyl groups is 6. The van der Waals surface area contributed by atoms with E-state index in [1.165, 1.54) is 12.3 Å². The van der Waals surface area contributed by atoms with Crippen LogP contribution in [0.25, 0.3) is 6.08 Å². The van der Waals surface area contributed by atoms with Crippen LogP contribution in [-0.4, -0.2) is 85.9 Å². The summed E-state index contributed by atoms with van der Waals surface area (Å²) in [5.41, 5.74) is -1.49. The van der Waals surface area contributed by atoms with E-state index in [2.05, 4.69) is 0 Å². The van der Waals surface area contributed by atoms with Gasteiger partial charge in [0.2, 0.25) is 6.29 Å². The molecular weight excluding hydrogens is 420 g/mol. The van der Waals surface area contributed by atoms with E-state index in [1.807, 2.05) is 49.4 Å². The average molecular weight is 450 g/mol. The lowest BCUT2D eigenvalue weighted by Crippen LogP contribution is -2.61. The summed E-state index contributed by atoms with van der Waals surface area (Å²) in [5.74, 6) is -0.790. The van der Waals surface area contributed by atoms with E-state index < -0.39 is 66.6 Å². The number of aliphatic hydroxyl groups excluding tert-OH is 5. The molecule has 0 bridgehead atoms. The normalized spacial score (nSPS) is 46.2. The highest BCUT2D eigenvalue weighted by Crippen LogP contribution is 2.55. The van der Waals surface area contributed by atoms with Crippen molar-refractivity contribution in [3.8, 4) is 0 Å². The van der Waals surface area contributed by atoms with E-state index >= 15 is 0 Å². The van der Waals surface area contributed by atoms with E-state index in [-0.39, 0.29) is 6.42 Å². The van der Waals surface area contributed by atoms with Crippen molar-refractivity contribution in [3.05, 3.63) is 54.3 Å². The summed E-state index contributed by atoms with van der Waals surface area (Å²) in [6.45, 7) is 1.27. The molecule has 2 heterocycles. The summed E-state index contributed by atoms with van der Waals surface area (Å²) in [6.07, 6.45) is -2.98. The zero-order valence-electron chi connectivity index (χ0n) is 17.6. The highest BCUT2D eigenvalue weighted by atomic mass is 16.8. The molecule has 6 N–H and O–H groups in total. The molecule has 4 rings (SSSR count). The molecule has 3 aliphatic rings. The lowest BCUT2D eigenvalue weighted by atomic mass is 9.73. The molecule has 9 heteroatoms. The Morgan fingerprint density at radius 3 is 2.47 bits per heavy atom. The Morgan fingerprint density at radius 2 is 1.78 bits per heavy atom. The zero-order chi connectivity index (χ0) is 23.1. The van der Waals surface area contributed by atoms with Gasteiger partial charge >= 0.3 is 0 Å². The Hall–Kier alpha value is -1.82. The first-order valence-electron chi connectivity index (χ1n) is 10.6. The van der Waals surface area contributed by atoms with Gasteiger partial charge in [0.05, 0.1) is 24.9 Å². The molecule has 0 aromatic heterocycles. The molecule has 176 valence electrons. The fourth-order valence-corrected chi connectivity index (χ4v) is 4.94. The fraction of sp³-hybridized carbons (Fsp3) is 0.565. The maximum atomic E-state index is 11.3. The molecule has 0 spiro atoms. The second-order valence-electron chi connectivity index (χ2n) is 8.98. The molecule has 2 fully saturated rings. The highest BCUT2D eigenvalue weighted by molar-refractivity contribution is 5.50. The number of benzene rings is 1. The fourth-order valence-electron chi connectivity index (χ4n) is 4.94. The number of allylic oxidation sites excluding steroid dienone is 1. The monoisotopic (exact) mass is 450 g/mol. The van der Waals surface area contributed by atoms with Crippen molar-refractivity contribution in [3.63, 3.8) is 0 Å². The summed E-state index contributed by atoms with van der Waals surface area (Å²) in [5, 5.41) is 61.8. The maximum absolute atomic E-state index is 11.3. The van der Waals surface area contributed by atoms with E-state index in [0.29, 0.717) is 0 Å². The van der Waals surface area contributed by atoms with Crippen LogP contribution >= 0.6 is 0 Å². The van der Waals surface area contributed by atoms with Crippen LogP contribution in [-0.2, 0) is 14.2 Å². The molecule has 2 unspecified atom stereocenters. The van der Waals surface area contributed by atoms with Crippen molar-refractivity contribution in [1.29, 1.82) is 0 Å². The molecule has 10 atom stereocenters. The third-order valence-electron chi connectivity index (χ3n) is 6.77. The zero-order valence-corrected chi connectivity index (χ0v) is 17.6. The minimum atomic E-state index is -1.66. The van der Waals surface area contributed by atoms with Crippen LogP contribution in [0.1, 0.15) is 18.9 Å². The largest absolute Gasteiger partial charge is 0.472 e.